The molecule has 0 bridgehead atoms. The summed E-state index contributed by atoms with van der Waals surface area (Å²) in [6.45, 7) is 1.52. The van der Waals surface area contributed by atoms with Crippen LogP contribution in [0.4, 0.5) is 11.6 Å². The smallest absolute Gasteiger partial charge is 0.338 e. The first-order chi connectivity index (χ1) is 16.0. The standard InChI is InChI=1S/C19H18ClN3O9S2/c1-8-12(20)18(32-22-8)23-34(27,28)11-5-6-33-16(11)17(24)21-13-9(19(25)26)7-10(29-2)14(30-3)15(13)31-4/h5-7,23H,1-4H3,(H,21,24)(H,25,26). The number of aryl methyl sites for hydroxylation is 1. The zero-order chi connectivity index (χ0) is 25.2. The molecule has 3 aromatic rings. The quantitative estimate of drug-likeness (QED) is 0.372. The molecule has 0 aliphatic rings. The third-order valence-electron chi connectivity index (χ3n) is 4.44. The van der Waals surface area contributed by atoms with Gasteiger partial charge in [-0.2, -0.15) is 0 Å². The van der Waals surface area contributed by atoms with Gasteiger partial charge in [0.05, 0.1) is 26.9 Å². The Labute approximate surface area is 202 Å². The minimum Gasteiger partial charge on any atom is -0.493 e. The summed E-state index contributed by atoms with van der Waals surface area (Å²) in [5.74, 6) is -2.67. The average Bonchev–Trinajstić information content (AvgIpc) is 3.41. The maximum Gasteiger partial charge on any atom is 0.338 e. The maximum absolute atomic E-state index is 13.1. The highest BCUT2D eigenvalue weighted by molar-refractivity contribution is 7.93. The second kappa shape index (κ2) is 9.79. The fourth-order valence-electron chi connectivity index (χ4n) is 2.89. The Balaban J connectivity index is 2.03. The van der Waals surface area contributed by atoms with Crippen LogP contribution in [0.5, 0.6) is 17.2 Å². The molecule has 3 N–H and O–H groups in total. The number of nitrogens with zero attached hydrogens (tertiary/aromatic N) is 1. The van der Waals surface area contributed by atoms with Crippen molar-refractivity contribution in [2.24, 2.45) is 0 Å². The molecule has 0 saturated heterocycles. The van der Waals surface area contributed by atoms with Crippen LogP contribution in [0.25, 0.3) is 0 Å². The molecule has 12 nitrogen and oxygen atoms in total. The molecular weight excluding hydrogens is 514 g/mol. The predicted octanol–water partition coefficient (Wildman–Crippen LogP) is 3.48. The van der Waals surface area contributed by atoms with E-state index in [-0.39, 0.29) is 50.0 Å². The predicted molar refractivity (Wildman–Crippen MR) is 122 cm³/mol. The molecule has 2 aromatic heterocycles. The zero-order valence-electron chi connectivity index (χ0n) is 18.1. The lowest BCUT2D eigenvalue weighted by Gasteiger charge is -2.18. The molecule has 0 fully saturated rings. The summed E-state index contributed by atoms with van der Waals surface area (Å²) >= 11 is 6.78. The van der Waals surface area contributed by atoms with Gasteiger partial charge in [0.15, 0.2) is 11.5 Å². The zero-order valence-corrected chi connectivity index (χ0v) is 20.5. The van der Waals surface area contributed by atoms with Gasteiger partial charge in [-0.05, 0) is 18.4 Å². The molecule has 0 saturated carbocycles. The third-order valence-corrected chi connectivity index (χ3v) is 7.30. The molecule has 0 radical (unpaired) electrons. The number of benzene rings is 1. The average molecular weight is 532 g/mol. The van der Waals surface area contributed by atoms with Crippen molar-refractivity contribution in [2.45, 2.75) is 11.8 Å². The van der Waals surface area contributed by atoms with Crippen LogP contribution >= 0.6 is 22.9 Å². The summed E-state index contributed by atoms with van der Waals surface area (Å²) < 4.78 is 48.4. The van der Waals surface area contributed by atoms with Gasteiger partial charge in [-0.25, -0.2) is 17.9 Å². The second-order valence-corrected chi connectivity index (χ2v) is 9.40. The largest absolute Gasteiger partial charge is 0.493 e. The highest BCUT2D eigenvalue weighted by atomic mass is 35.5. The van der Waals surface area contributed by atoms with E-state index in [1.807, 2.05) is 0 Å². The number of halogens is 1. The molecule has 15 heteroatoms. The van der Waals surface area contributed by atoms with Crippen LogP contribution < -0.4 is 24.2 Å². The lowest BCUT2D eigenvalue weighted by atomic mass is 10.1. The van der Waals surface area contributed by atoms with Gasteiger partial charge in [0.2, 0.25) is 5.75 Å². The highest BCUT2D eigenvalue weighted by Gasteiger charge is 2.30. The topological polar surface area (TPSA) is 166 Å². The van der Waals surface area contributed by atoms with Crippen molar-refractivity contribution in [1.29, 1.82) is 0 Å². The summed E-state index contributed by atoms with van der Waals surface area (Å²) in [7, 11) is -0.472. The van der Waals surface area contributed by atoms with Gasteiger partial charge in [0.25, 0.3) is 21.8 Å². The lowest BCUT2D eigenvalue weighted by molar-refractivity contribution is 0.0697. The number of amides is 1. The normalized spacial score (nSPS) is 11.1. The van der Waals surface area contributed by atoms with E-state index in [1.54, 1.807) is 0 Å². The highest BCUT2D eigenvalue weighted by Crippen LogP contribution is 2.45. The number of ether oxygens (including phenoxy) is 3. The lowest BCUT2D eigenvalue weighted by Crippen LogP contribution is -2.20. The van der Waals surface area contributed by atoms with Gasteiger partial charge in [0.1, 0.15) is 26.2 Å². The summed E-state index contributed by atoms with van der Waals surface area (Å²) in [5, 5.41) is 17.0. The van der Waals surface area contributed by atoms with Crippen LogP contribution in [-0.4, -0.2) is 51.9 Å². The number of aromatic carboxylic acids is 1. The van der Waals surface area contributed by atoms with Gasteiger partial charge in [-0.1, -0.05) is 16.8 Å². The molecule has 0 atom stereocenters. The van der Waals surface area contributed by atoms with Gasteiger partial charge < -0.3 is 29.2 Å². The number of nitrogens with one attached hydrogen (secondary N) is 2. The second-order valence-electron chi connectivity index (χ2n) is 6.46. The Kier molecular flexibility index (Phi) is 7.24. The SMILES string of the molecule is COc1cc(C(=O)O)c(NC(=O)c2sccc2S(=O)(=O)Nc2onc(C)c2Cl)c(OC)c1OC. The number of rotatable bonds is 9. The van der Waals surface area contributed by atoms with Crippen molar-refractivity contribution >= 4 is 56.4 Å². The number of sulfonamides is 1. The van der Waals surface area contributed by atoms with Crippen LogP contribution in [0.15, 0.2) is 26.9 Å². The van der Waals surface area contributed by atoms with E-state index in [0.29, 0.717) is 0 Å². The van der Waals surface area contributed by atoms with Crippen LogP contribution in [0.2, 0.25) is 5.02 Å². The molecular formula is C19H18ClN3O9S2. The van der Waals surface area contributed by atoms with Crippen LogP contribution in [0.1, 0.15) is 25.7 Å². The number of carboxylic acids is 1. The Morgan fingerprint density at radius 2 is 1.85 bits per heavy atom. The van der Waals surface area contributed by atoms with E-state index in [9.17, 15) is 23.1 Å². The summed E-state index contributed by atoms with van der Waals surface area (Å²) in [6.07, 6.45) is 0. The molecule has 1 aromatic carbocycles. The van der Waals surface area contributed by atoms with Crippen LogP contribution in [-0.2, 0) is 10.0 Å². The first-order valence-corrected chi connectivity index (χ1v) is 11.9. The number of hydrogen-bond donors (Lipinski definition) is 3. The number of carboxylic acid groups (broad SMARTS) is 1. The van der Waals surface area contributed by atoms with Crippen LogP contribution in [0.3, 0.4) is 0 Å². The molecule has 34 heavy (non-hydrogen) atoms. The van der Waals surface area contributed by atoms with E-state index in [4.69, 9.17) is 30.3 Å². The maximum atomic E-state index is 13.1. The minimum absolute atomic E-state index is 0.0290. The van der Waals surface area contributed by atoms with Gasteiger partial charge in [-0.3, -0.25) is 4.79 Å². The number of methoxy groups -OCH3 is 3. The summed E-state index contributed by atoms with van der Waals surface area (Å²) in [6, 6.07) is 2.34. The number of hydrogen-bond acceptors (Lipinski definition) is 10. The van der Waals surface area contributed by atoms with Gasteiger partial charge in [-0.15, -0.1) is 11.3 Å². The van der Waals surface area contributed by atoms with Crippen molar-refractivity contribution in [3.63, 3.8) is 0 Å². The molecule has 0 unspecified atom stereocenters. The van der Waals surface area contributed by atoms with Crippen molar-refractivity contribution in [3.8, 4) is 17.2 Å². The Morgan fingerprint density at radius 1 is 1.18 bits per heavy atom. The number of anilines is 2. The van der Waals surface area contributed by atoms with E-state index < -0.39 is 26.8 Å². The monoisotopic (exact) mass is 531 g/mol. The van der Waals surface area contributed by atoms with Crippen molar-refractivity contribution in [2.75, 3.05) is 31.4 Å². The van der Waals surface area contributed by atoms with E-state index in [0.717, 1.165) is 17.4 Å². The molecule has 0 spiro atoms. The van der Waals surface area contributed by atoms with Crippen molar-refractivity contribution in [1.82, 2.24) is 5.16 Å². The fourth-order valence-corrected chi connectivity index (χ4v) is 5.38. The first kappa shape index (κ1) is 25.1. The third kappa shape index (κ3) is 4.60. The van der Waals surface area contributed by atoms with Gasteiger partial charge in [0, 0.05) is 6.07 Å². The molecule has 1 amide bonds. The van der Waals surface area contributed by atoms with E-state index >= 15 is 0 Å². The van der Waals surface area contributed by atoms with E-state index in [1.165, 1.54) is 39.7 Å². The van der Waals surface area contributed by atoms with Crippen LogP contribution in [0, 0.1) is 6.92 Å². The van der Waals surface area contributed by atoms with Crippen molar-refractivity contribution in [3.05, 3.63) is 38.7 Å². The number of thiophene rings is 1. The molecule has 3 rings (SSSR count). The molecule has 0 aliphatic carbocycles. The summed E-state index contributed by atoms with van der Waals surface area (Å²) in [5.41, 5.74) is -0.355. The molecule has 182 valence electrons. The van der Waals surface area contributed by atoms with E-state index in [2.05, 4.69) is 15.2 Å². The first-order valence-electron chi connectivity index (χ1n) is 9.15. The summed E-state index contributed by atoms with van der Waals surface area (Å²) in [4.78, 5) is 24.3. The Bertz CT molecular complexity index is 1370. The number of carbonyl (C=O) groups excluding carboxylic acids is 1. The van der Waals surface area contributed by atoms with Gasteiger partial charge >= 0.3 is 5.97 Å². The minimum atomic E-state index is -4.32. The molecule has 0 aliphatic heterocycles. The molecule has 2 heterocycles. The Hall–Kier alpha value is -3.49. The fraction of sp³-hybridized carbons (Fsp3) is 0.211. The number of aromatic nitrogens is 1. The Morgan fingerprint density at radius 3 is 2.38 bits per heavy atom. The number of carbonyl (C=O) groups is 2. The van der Waals surface area contributed by atoms with Crippen molar-refractivity contribution < 1.29 is 41.8 Å².